The summed E-state index contributed by atoms with van der Waals surface area (Å²) in [5.41, 5.74) is 9.75. The van der Waals surface area contributed by atoms with Crippen LogP contribution in [0.1, 0.15) is 51.2 Å². The summed E-state index contributed by atoms with van der Waals surface area (Å²) in [5.74, 6) is 1.32. The van der Waals surface area contributed by atoms with Gasteiger partial charge >= 0.3 is 0 Å². The predicted octanol–water partition coefficient (Wildman–Crippen LogP) is 7.06. The van der Waals surface area contributed by atoms with E-state index in [1.165, 1.54) is 33.3 Å². The van der Waals surface area contributed by atoms with Gasteiger partial charge in [-0.3, -0.25) is 4.90 Å². The summed E-state index contributed by atoms with van der Waals surface area (Å²) in [5, 5.41) is 8.26. The van der Waals surface area contributed by atoms with Gasteiger partial charge in [-0.25, -0.2) is 4.39 Å². The Morgan fingerprint density at radius 3 is 2.46 bits per heavy atom. The maximum absolute atomic E-state index is 13.9. The molecule has 0 amide bonds. The van der Waals surface area contributed by atoms with Crippen molar-refractivity contribution in [1.29, 1.82) is 0 Å². The van der Waals surface area contributed by atoms with Gasteiger partial charge in [0, 0.05) is 36.3 Å². The van der Waals surface area contributed by atoms with E-state index in [-0.39, 0.29) is 17.9 Å². The first-order valence-electron chi connectivity index (χ1n) is 14.0. The lowest BCUT2D eigenvalue weighted by molar-refractivity contribution is 0.127. The highest BCUT2D eigenvalue weighted by Gasteiger charge is 2.41. The molecule has 2 aliphatic heterocycles. The molecule has 7 rings (SSSR count). The number of aliphatic hydroxyl groups excluding tert-OH is 1. The molecule has 0 bridgehead atoms. The van der Waals surface area contributed by atoms with Gasteiger partial charge in [0.15, 0.2) is 11.5 Å². The molecule has 2 unspecified atom stereocenters. The number of nitrogens with zero attached hydrogens (tertiary/aromatic N) is 1. The van der Waals surface area contributed by atoms with Crippen LogP contribution in [0.4, 0.5) is 4.39 Å². The van der Waals surface area contributed by atoms with Crippen LogP contribution in [0.15, 0.2) is 84.9 Å². The number of aliphatic hydroxyl groups is 1. The molecular weight excluding hydrogens is 515 g/mol. The standard InChI is InChI=1S/C34H31FN2O2.CH4O/c1-21-7-9-22(10-8-21)20-39-32-17-24-15-16-37-30(27(24)19-31(32)38-2)18-28-26-5-3-4-6-29(26)36-33(28)34(37)23-11-13-25(35)14-12-23;1-2/h3-14,17,19,30,34,36H,15-16,18,20H2,1-2H3;2H,1H3. The maximum Gasteiger partial charge on any atom is 0.161 e. The predicted molar refractivity (Wildman–Crippen MR) is 160 cm³/mol. The number of methoxy groups -OCH3 is 1. The van der Waals surface area contributed by atoms with E-state index >= 15 is 0 Å². The number of H-pyrrole nitrogens is 1. The van der Waals surface area contributed by atoms with Crippen molar-refractivity contribution in [3.63, 3.8) is 0 Å². The number of nitrogens with one attached hydrogen (secondary N) is 1. The number of ether oxygens (including phenoxy) is 2. The lowest BCUT2D eigenvalue weighted by Gasteiger charge is -2.46. The second kappa shape index (κ2) is 11.4. The molecule has 2 N–H and O–H groups in total. The summed E-state index contributed by atoms with van der Waals surface area (Å²) >= 11 is 0. The van der Waals surface area contributed by atoms with Gasteiger partial charge in [0.2, 0.25) is 0 Å². The molecule has 0 aliphatic carbocycles. The Morgan fingerprint density at radius 2 is 1.71 bits per heavy atom. The van der Waals surface area contributed by atoms with Gasteiger partial charge in [0.05, 0.1) is 13.2 Å². The van der Waals surface area contributed by atoms with Crippen molar-refractivity contribution in [3.05, 3.63) is 130 Å². The van der Waals surface area contributed by atoms with Crippen LogP contribution in [0.5, 0.6) is 11.5 Å². The van der Waals surface area contributed by atoms with E-state index < -0.39 is 0 Å². The third kappa shape index (κ3) is 4.98. The van der Waals surface area contributed by atoms with Crippen molar-refractivity contribution >= 4 is 10.9 Å². The molecule has 5 nitrogen and oxygen atoms in total. The van der Waals surface area contributed by atoms with E-state index in [1.54, 1.807) is 19.2 Å². The van der Waals surface area contributed by atoms with Crippen molar-refractivity contribution in [2.24, 2.45) is 0 Å². The molecule has 5 aromatic rings. The normalized spacial score (nSPS) is 17.6. The minimum absolute atomic E-state index is 0.0170. The third-order valence-electron chi connectivity index (χ3n) is 8.37. The topological polar surface area (TPSA) is 57.7 Å². The van der Waals surface area contributed by atoms with Crippen LogP contribution in [0, 0.1) is 12.7 Å². The number of hydrogen-bond donors (Lipinski definition) is 2. The molecule has 210 valence electrons. The Hall–Kier alpha value is -4.13. The monoisotopic (exact) mass is 550 g/mol. The lowest BCUT2D eigenvalue weighted by atomic mass is 9.80. The Kier molecular flexibility index (Phi) is 7.52. The van der Waals surface area contributed by atoms with E-state index in [0.717, 1.165) is 54.6 Å². The quantitative estimate of drug-likeness (QED) is 0.246. The van der Waals surface area contributed by atoms with Crippen LogP contribution in [-0.4, -0.2) is 35.8 Å². The van der Waals surface area contributed by atoms with Crippen LogP contribution < -0.4 is 9.47 Å². The van der Waals surface area contributed by atoms with Crippen molar-refractivity contribution < 1.29 is 19.0 Å². The summed E-state index contributed by atoms with van der Waals surface area (Å²) in [6.07, 6.45) is 1.81. The van der Waals surface area contributed by atoms with Crippen molar-refractivity contribution in [3.8, 4) is 11.5 Å². The highest BCUT2D eigenvalue weighted by molar-refractivity contribution is 5.85. The number of para-hydroxylation sites is 1. The summed E-state index contributed by atoms with van der Waals surface area (Å²) in [6, 6.07) is 28.5. The number of aromatic amines is 1. The third-order valence-corrected chi connectivity index (χ3v) is 8.37. The van der Waals surface area contributed by atoms with Gasteiger partial charge in [0.25, 0.3) is 0 Å². The smallest absolute Gasteiger partial charge is 0.161 e. The van der Waals surface area contributed by atoms with Gasteiger partial charge < -0.3 is 19.6 Å². The van der Waals surface area contributed by atoms with Crippen molar-refractivity contribution in [2.75, 3.05) is 20.8 Å². The Labute approximate surface area is 240 Å². The molecule has 0 radical (unpaired) electrons. The fourth-order valence-electron chi connectivity index (χ4n) is 6.42. The highest BCUT2D eigenvalue weighted by Crippen LogP contribution is 2.49. The van der Waals surface area contributed by atoms with Gasteiger partial charge in [-0.05, 0) is 77.9 Å². The van der Waals surface area contributed by atoms with Crippen LogP contribution in [0.3, 0.4) is 0 Å². The van der Waals surface area contributed by atoms with E-state index in [1.807, 2.05) is 12.1 Å². The zero-order chi connectivity index (χ0) is 28.5. The SMILES string of the molecule is CO.COc1cc2c(cc1OCc1ccc(C)cc1)CCN1C2Cc2c([nH]c3ccccc23)C1c1ccc(F)cc1. The number of fused-ring (bicyclic) bond motifs is 6. The molecule has 41 heavy (non-hydrogen) atoms. The molecule has 1 aromatic heterocycles. The summed E-state index contributed by atoms with van der Waals surface area (Å²) in [6.45, 7) is 3.49. The van der Waals surface area contributed by atoms with Crippen molar-refractivity contribution in [2.45, 2.75) is 38.5 Å². The lowest BCUT2D eigenvalue weighted by Crippen LogP contribution is -2.43. The first kappa shape index (κ1) is 27.1. The average molecular weight is 551 g/mol. The van der Waals surface area contributed by atoms with E-state index in [2.05, 4.69) is 77.5 Å². The second-order valence-electron chi connectivity index (χ2n) is 10.7. The zero-order valence-electron chi connectivity index (χ0n) is 23.7. The van der Waals surface area contributed by atoms with E-state index in [9.17, 15) is 4.39 Å². The minimum atomic E-state index is -0.213. The average Bonchev–Trinajstić information content (AvgIpc) is 3.39. The number of benzene rings is 4. The molecule has 0 spiro atoms. The fourth-order valence-corrected chi connectivity index (χ4v) is 6.42. The summed E-state index contributed by atoms with van der Waals surface area (Å²) in [4.78, 5) is 6.29. The van der Waals surface area contributed by atoms with Gasteiger partial charge in [-0.15, -0.1) is 0 Å². The number of rotatable bonds is 5. The Bertz CT molecular complexity index is 1660. The first-order valence-corrected chi connectivity index (χ1v) is 14.0. The number of hydrogen-bond acceptors (Lipinski definition) is 4. The van der Waals surface area contributed by atoms with Crippen LogP contribution in [0.25, 0.3) is 10.9 Å². The first-order chi connectivity index (χ1) is 20.1. The Balaban J connectivity index is 0.00000148. The molecule has 6 heteroatoms. The highest BCUT2D eigenvalue weighted by atomic mass is 19.1. The van der Waals surface area contributed by atoms with Crippen molar-refractivity contribution in [1.82, 2.24) is 9.88 Å². The second-order valence-corrected chi connectivity index (χ2v) is 10.7. The molecule has 2 aliphatic rings. The van der Waals surface area contributed by atoms with Gasteiger partial charge in [0.1, 0.15) is 12.4 Å². The molecule has 4 aromatic carbocycles. The van der Waals surface area contributed by atoms with Crippen LogP contribution in [0.2, 0.25) is 0 Å². The van der Waals surface area contributed by atoms with E-state index in [0.29, 0.717) is 6.61 Å². The van der Waals surface area contributed by atoms with Gasteiger partial charge in [-0.2, -0.15) is 0 Å². The summed E-state index contributed by atoms with van der Waals surface area (Å²) < 4.78 is 26.0. The fraction of sp³-hybridized carbons (Fsp3) is 0.257. The largest absolute Gasteiger partial charge is 0.493 e. The zero-order valence-corrected chi connectivity index (χ0v) is 23.7. The van der Waals surface area contributed by atoms with Crippen LogP contribution in [-0.2, 0) is 19.4 Å². The molecular formula is C35H35FN2O3. The molecule has 3 heterocycles. The molecule has 0 saturated carbocycles. The number of halogens is 1. The maximum atomic E-state index is 13.9. The van der Waals surface area contributed by atoms with E-state index in [4.69, 9.17) is 14.6 Å². The number of aryl methyl sites for hydroxylation is 1. The Morgan fingerprint density at radius 1 is 0.951 bits per heavy atom. The number of aromatic nitrogens is 1. The minimum Gasteiger partial charge on any atom is -0.493 e. The molecule has 0 fully saturated rings. The molecule has 2 atom stereocenters. The van der Waals surface area contributed by atoms with Gasteiger partial charge in [-0.1, -0.05) is 60.2 Å². The summed E-state index contributed by atoms with van der Waals surface area (Å²) in [7, 11) is 2.71. The molecule has 0 saturated heterocycles. The van der Waals surface area contributed by atoms with Crippen LogP contribution >= 0.6 is 0 Å².